The van der Waals surface area contributed by atoms with Crippen LogP contribution in [0.1, 0.15) is 67.0 Å². The Kier molecular flexibility index (Phi) is 7.39. The van der Waals surface area contributed by atoms with Crippen molar-refractivity contribution >= 4 is 28.3 Å². The number of hydrogen-bond acceptors (Lipinski definition) is 5. The number of nitrogens with one attached hydrogen (secondary N) is 2. The van der Waals surface area contributed by atoms with Gasteiger partial charge in [0.05, 0.1) is 0 Å². The van der Waals surface area contributed by atoms with Gasteiger partial charge in [0, 0.05) is 48.2 Å². The van der Waals surface area contributed by atoms with Crippen LogP contribution in [0.5, 0.6) is 0 Å². The van der Waals surface area contributed by atoms with E-state index in [1.807, 2.05) is 23.2 Å². The van der Waals surface area contributed by atoms with Gasteiger partial charge in [0.1, 0.15) is 5.82 Å². The van der Waals surface area contributed by atoms with Crippen LogP contribution in [0.25, 0.3) is 0 Å². The van der Waals surface area contributed by atoms with Gasteiger partial charge in [-0.25, -0.2) is 14.8 Å². The third-order valence-corrected chi connectivity index (χ3v) is 7.83. The first-order valence-electron chi connectivity index (χ1n) is 12.5. The average molecular weight is 476 g/mol. The van der Waals surface area contributed by atoms with Crippen molar-refractivity contribution in [2.45, 2.75) is 63.3 Å². The Labute approximate surface area is 205 Å². The van der Waals surface area contributed by atoms with E-state index in [1.165, 1.54) is 29.7 Å². The Morgan fingerprint density at radius 1 is 0.971 bits per heavy atom. The molecule has 2 aliphatic rings. The van der Waals surface area contributed by atoms with Gasteiger partial charge in [-0.05, 0) is 43.4 Å². The highest BCUT2D eigenvalue weighted by atomic mass is 32.1. The van der Waals surface area contributed by atoms with E-state index in [0.717, 1.165) is 61.8 Å². The summed E-state index contributed by atoms with van der Waals surface area (Å²) in [5.41, 5.74) is 2.38. The summed E-state index contributed by atoms with van der Waals surface area (Å²) in [7, 11) is 0. The van der Waals surface area contributed by atoms with Crippen LogP contribution >= 0.6 is 11.3 Å². The van der Waals surface area contributed by atoms with Crippen LogP contribution in [0.3, 0.4) is 0 Å². The first-order valence-corrected chi connectivity index (χ1v) is 13.3. The summed E-state index contributed by atoms with van der Waals surface area (Å²) in [6, 6.07) is 17.1. The smallest absolute Gasteiger partial charge is 0.317 e. The Bertz CT molecular complexity index is 1070. The Morgan fingerprint density at radius 3 is 2.56 bits per heavy atom. The molecule has 0 radical (unpaired) electrons. The van der Waals surface area contributed by atoms with E-state index in [1.54, 1.807) is 11.3 Å². The molecule has 178 valence electrons. The van der Waals surface area contributed by atoms with Crippen LogP contribution in [-0.4, -0.2) is 40.0 Å². The molecule has 34 heavy (non-hydrogen) atoms. The predicted molar refractivity (Wildman–Crippen MR) is 138 cm³/mol. The molecule has 3 aromatic rings. The monoisotopic (exact) mass is 475 g/mol. The van der Waals surface area contributed by atoms with Crippen molar-refractivity contribution in [1.82, 2.24) is 20.2 Å². The fraction of sp³-hybridized carbons (Fsp3) is 0.444. The summed E-state index contributed by atoms with van der Waals surface area (Å²) < 4.78 is 0. The highest BCUT2D eigenvalue weighted by Gasteiger charge is 2.26. The molecule has 1 aromatic carbocycles. The topological polar surface area (TPSA) is 70.2 Å². The summed E-state index contributed by atoms with van der Waals surface area (Å²) in [6.45, 7) is 1.58. The van der Waals surface area contributed by atoms with Crippen molar-refractivity contribution in [2.75, 3.05) is 18.4 Å². The number of amides is 2. The molecule has 0 spiro atoms. The van der Waals surface area contributed by atoms with Gasteiger partial charge in [0.15, 0.2) is 5.13 Å². The molecule has 1 saturated carbocycles. The molecule has 1 aliphatic carbocycles. The highest BCUT2D eigenvalue weighted by molar-refractivity contribution is 7.15. The second kappa shape index (κ2) is 11.0. The van der Waals surface area contributed by atoms with Gasteiger partial charge < -0.3 is 15.5 Å². The first kappa shape index (κ1) is 22.8. The van der Waals surface area contributed by atoms with Crippen molar-refractivity contribution in [1.29, 1.82) is 0 Å². The van der Waals surface area contributed by atoms with E-state index in [4.69, 9.17) is 4.98 Å². The lowest BCUT2D eigenvalue weighted by molar-refractivity contribution is 0.174. The lowest BCUT2D eigenvalue weighted by atomic mass is 9.93. The minimum absolute atomic E-state index is 0.115. The fourth-order valence-electron chi connectivity index (χ4n) is 4.99. The van der Waals surface area contributed by atoms with Crippen LogP contribution in [0.2, 0.25) is 0 Å². The van der Waals surface area contributed by atoms with Crippen molar-refractivity contribution < 1.29 is 4.79 Å². The molecule has 7 heteroatoms. The zero-order valence-corrected chi connectivity index (χ0v) is 20.4. The van der Waals surface area contributed by atoms with E-state index in [9.17, 15) is 4.79 Å². The number of aromatic nitrogens is 2. The lowest BCUT2D eigenvalue weighted by Gasteiger charge is -2.33. The van der Waals surface area contributed by atoms with Gasteiger partial charge in [-0.2, -0.15) is 0 Å². The van der Waals surface area contributed by atoms with Crippen molar-refractivity contribution in [3.63, 3.8) is 0 Å². The number of benzene rings is 1. The number of anilines is 2. The number of urea groups is 1. The second-order valence-corrected chi connectivity index (χ2v) is 10.5. The molecule has 3 heterocycles. The van der Waals surface area contributed by atoms with Crippen LogP contribution in [0.4, 0.5) is 15.7 Å². The van der Waals surface area contributed by atoms with Gasteiger partial charge in [-0.1, -0.05) is 55.7 Å². The van der Waals surface area contributed by atoms with E-state index in [0.29, 0.717) is 12.0 Å². The Morgan fingerprint density at radius 2 is 1.76 bits per heavy atom. The third-order valence-electron chi connectivity index (χ3n) is 6.91. The van der Waals surface area contributed by atoms with Crippen molar-refractivity contribution in [3.05, 3.63) is 70.9 Å². The number of carbonyl (C=O) groups excluding carboxylic acids is 1. The molecule has 2 aromatic heterocycles. The molecule has 0 unspecified atom stereocenters. The number of carbonyl (C=O) groups is 1. The Balaban J connectivity index is 1.14. The summed E-state index contributed by atoms with van der Waals surface area (Å²) in [5, 5.41) is 7.50. The number of pyridine rings is 1. The first-order chi connectivity index (χ1) is 16.7. The van der Waals surface area contributed by atoms with E-state index < -0.39 is 0 Å². The third kappa shape index (κ3) is 5.95. The summed E-state index contributed by atoms with van der Waals surface area (Å²) in [5.74, 6) is 1.21. The molecule has 0 bridgehead atoms. The van der Waals surface area contributed by atoms with Crippen LogP contribution < -0.4 is 10.6 Å². The minimum Gasteiger partial charge on any atom is -0.335 e. The summed E-state index contributed by atoms with van der Waals surface area (Å²) in [4.78, 5) is 25.3. The number of thiazole rings is 1. The van der Waals surface area contributed by atoms with Crippen LogP contribution in [0.15, 0.2) is 54.7 Å². The van der Waals surface area contributed by atoms with Gasteiger partial charge in [0.25, 0.3) is 0 Å². The molecular formula is C27H33N5OS. The van der Waals surface area contributed by atoms with Gasteiger partial charge >= 0.3 is 6.03 Å². The standard InChI is InChI=1S/C27H33N5OS/c33-27(29-22-10-5-2-6-11-22)32-16-14-21(15-17-32)24-12-7-13-25(30-24)31-26-28-19-23(34-26)18-20-8-3-1-4-9-20/h1,3-4,7-9,12-13,19,21-22H,2,5-6,10-11,14-18H2,(H,29,33)(H,28,30,31). The van der Waals surface area contributed by atoms with Crippen molar-refractivity contribution in [3.8, 4) is 0 Å². The zero-order chi connectivity index (χ0) is 23.2. The largest absolute Gasteiger partial charge is 0.335 e. The predicted octanol–water partition coefficient (Wildman–Crippen LogP) is 6.09. The molecular weight excluding hydrogens is 442 g/mol. The number of rotatable bonds is 6. The minimum atomic E-state index is 0.115. The number of piperidine rings is 1. The average Bonchev–Trinajstić information content (AvgIpc) is 3.32. The lowest BCUT2D eigenvalue weighted by Crippen LogP contribution is -2.48. The molecule has 2 fully saturated rings. The normalized spacial score (nSPS) is 17.5. The zero-order valence-electron chi connectivity index (χ0n) is 19.6. The molecule has 5 rings (SSSR count). The van der Waals surface area contributed by atoms with E-state index in [-0.39, 0.29) is 6.03 Å². The van der Waals surface area contributed by atoms with Crippen molar-refractivity contribution in [2.24, 2.45) is 0 Å². The molecule has 2 N–H and O–H groups in total. The fourth-order valence-corrected chi connectivity index (χ4v) is 5.85. The van der Waals surface area contributed by atoms with Gasteiger partial charge in [-0.15, -0.1) is 11.3 Å². The van der Waals surface area contributed by atoms with Gasteiger partial charge in [-0.3, -0.25) is 0 Å². The molecule has 1 aliphatic heterocycles. The van der Waals surface area contributed by atoms with E-state index >= 15 is 0 Å². The number of hydrogen-bond donors (Lipinski definition) is 2. The van der Waals surface area contributed by atoms with Crippen LogP contribution in [0, 0.1) is 0 Å². The summed E-state index contributed by atoms with van der Waals surface area (Å²) in [6.07, 6.45) is 10.8. The SMILES string of the molecule is O=C(NC1CCCCC1)N1CCC(c2cccc(Nc3ncc(Cc4ccccc4)s3)n2)CC1. The second-order valence-electron chi connectivity index (χ2n) is 9.41. The van der Waals surface area contributed by atoms with E-state index in [2.05, 4.69) is 52.0 Å². The molecule has 0 atom stereocenters. The van der Waals surface area contributed by atoms with Crippen LogP contribution in [-0.2, 0) is 6.42 Å². The van der Waals surface area contributed by atoms with Gasteiger partial charge in [0.2, 0.25) is 0 Å². The number of nitrogens with zero attached hydrogens (tertiary/aromatic N) is 3. The maximum absolute atomic E-state index is 12.7. The molecule has 2 amide bonds. The maximum atomic E-state index is 12.7. The quantitative estimate of drug-likeness (QED) is 0.452. The number of likely N-dealkylation sites (tertiary alicyclic amines) is 1. The highest BCUT2D eigenvalue weighted by Crippen LogP contribution is 2.29. The molecule has 6 nitrogen and oxygen atoms in total. The molecule has 1 saturated heterocycles. The Hall–Kier alpha value is -2.93. The summed E-state index contributed by atoms with van der Waals surface area (Å²) >= 11 is 1.67. The maximum Gasteiger partial charge on any atom is 0.317 e.